The highest BCUT2D eigenvalue weighted by Crippen LogP contribution is 2.26. The van der Waals surface area contributed by atoms with Crippen molar-refractivity contribution >= 4 is 0 Å². The molecule has 0 aromatic carbocycles. The second kappa shape index (κ2) is 6.32. The largest absolute Gasteiger partial charge is 0.368 e. The molecule has 1 saturated carbocycles. The topological polar surface area (TPSA) is 9.23 Å². The SMILES string of the molecule is C=CC(C)(CC)OC1CCCCCCC1. The Morgan fingerprint density at radius 2 is 1.73 bits per heavy atom. The third-order valence-corrected chi connectivity index (χ3v) is 3.62. The van der Waals surface area contributed by atoms with Crippen LogP contribution in [0.5, 0.6) is 0 Å². The minimum absolute atomic E-state index is 0.107. The lowest BCUT2D eigenvalue weighted by Gasteiger charge is -2.31. The molecule has 1 rings (SSSR count). The molecule has 1 heteroatoms. The van der Waals surface area contributed by atoms with E-state index in [4.69, 9.17) is 4.74 Å². The number of ether oxygens (including phenoxy) is 1. The zero-order valence-electron chi connectivity index (χ0n) is 10.4. The second-order valence-electron chi connectivity index (χ2n) is 4.96. The van der Waals surface area contributed by atoms with E-state index in [1.54, 1.807) is 0 Å². The average molecular weight is 210 g/mol. The summed E-state index contributed by atoms with van der Waals surface area (Å²) in [5.41, 5.74) is -0.107. The summed E-state index contributed by atoms with van der Waals surface area (Å²) >= 11 is 0. The molecule has 0 aliphatic heterocycles. The van der Waals surface area contributed by atoms with Crippen molar-refractivity contribution in [3.05, 3.63) is 12.7 Å². The van der Waals surface area contributed by atoms with E-state index in [1.807, 2.05) is 6.08 Å². The van der Waals surface area contributed by atoms with Gasteiger partial charge >= 0.3 is 0 Å². The van der Waals surface area contributed by atoms with Crippen molar-refractivity contribution in [1.82, 2.24) is 0 Å². The van der Waals surface area contributed by atoms with Gasteiger partial charge in [-0.15, -0.1) is 6.58 Å². The molecule has 0 radical (unpaired) electrons. The molecule has 0 bridgehead atoms. The number of rotatable bonds is 4. The first-order valence-corrected chi connectivity index (χ1v) is 6.51. The Morgan fingerprint density at radius 3 is 2.20 bits per heavy atom. The maximum absolute atomic E-state index is 6.19. The smallest absolute Gasteiger partial charge is 0.0832 e. The van der Waals surface area contributed by atoms with Crippen LogP contribution in [0.4, 0.5) is 0 Å². The van der Waals surface area contributed by atoms with Crippen LogP contribution in [0.2, 0.25) is 0 Å². The van der Waals surface area contributed by atoms with Gasteiger partial charge in [0, 0.05) is 0 Å². The van der Waals surface area contributed by atoms with Gasteiger partial charge < -0.3 is 4.74 Å². The molecule has 88 valence electrons. The first-order valence-electron chi connectivity index (χ1n) is 6.51. The third-order valence-electron chi connectivity index (χ3n) is 3.62. The summed E-state index contributed by atoms with van der Waals surface area (Å²) < 4.78 is 6.19. The van der Waals surface area contributed by atoms with Crippen molar-refractivity contribution in [2.75, 3.05) is 0 Å². The van der Waals surface area contributed by atoms with Crippen LogP contribution in [-0.4, -0.2) is 11.7 Å². The van der Waals surface area contributed by atoms with Gasteiger partial charge in [-0.2, -0.15) is 0 Å². The van der Waals surface area contributed by atoms with Crippen LogP contribution < -0.4 is 0 Å². The van der Waals surface area contributed by atoms with E-state index in [9.17, 15) is 0 Å². The van der Waals surface area contributed by atoms with E-state index in [1.165, 1.54) is 44.9 Å². The van der Waals surface area contributed by atoms with Gasteiger partial charge in [0.25, 0.3) is 0 Å². The minimum atomic E-state index is -0.107. The Hall–Kier alpha value is -0.300. The summed E-state index contributed by atoms with van der Waals surface area (Å²) in [5, 5.41) is 0. The molecule has 0 aromatic rings. The molecule has 1 aliphatic rings. The molecular weight excluding hydrogens is 184 g/mol. The van der Waals surface area contributed by atoms with Gasteiger partial charge in [0.2, 0.25) is 0 Å². The quantitative estimate of drug-likeness (QED) is 0.622. The van der Waals surface area contributed by atoms with E-state index < -0.39 is 0 Å². The fourth-order valence-electron chi connectivity index (χ4n) is 2.19. The Labute approximate surface area is 94.9 Å². The Morgan fingerprint density at radius 1 is 1.20 bits per heavy atom. The average Bonchev–Trinajstić information content (AvgIpc) is 2.22. The van der Waals surface area contributed by atoms with Crippen LogP contribution in [0.15, 0.2) is 12.7 Å². The van der Waals surface area contributed by atoms with Crippen LogP contribution >= 0.6 is 0 Å². The summed E-state index contributed by atoms with van der Waals surface area (Å²) in [6, 6.07) is 0. The molecule has 0 aromatic heterocycles. The highest BCUT2D eigenvalue weighted by Gasteiger charge is 2.23. The van der Waals surface area contributed by atoms with E-state index in [0.717, 1.165) is 6.42 Å². The molecule has 0 amide bonds. The van der Waals surface area contributed by atoms with Gasteiger partial charge in [-0.05, 0) is 26.2 Å². The zero-order chi connectivity index (χ0) is 11.1. The predicted octanol–water partition coefficient (Wildman–Crippen LogP) is 4.47. The minimum Gasteiger partial charge on any atom is -0.368 e. The first kappa shape index (κ1) is 12.8. The van der Waals surface area contributed by atoms with Crippen molar-refractivity contribution in [3.63, 3.8) is 0 Å². The van der Waals surface area contributed by atoms with Crippen LogP contribution in [0, 0.1) is 0 Å². The molecule has 15 heavy (non-hydrogen) atoms. The van der Waals surface area contributed by atoms with Gasteiger partial charge in [-0.25, -0.2) is 0 Å². The maximum Gasteiger partial charge on any atom is 0.0832 e. The highest BCUT2D eigenvalue weighted by atomic mass is 16.5. The molecule has 1 fully saturated rings. The Kier molecular flexibility index (Phi) is 5.38. The third kappa shape index (κ3) is 4.38. The van der Waals surface area contributed by atoms with Gasteiger partial charge in [-0.1, -0.05) is 45.1 Å². The molecule has 1 aliphatic carbocycles. The summed E-state index contributed by atoms with van der Waals surface area (Å²) in [7, 11) is 0. The summed E-state index contributed by atoms with van der Waals surface area (Å²) in [5.74, 6) is 0. The van der Waals surface area contributed by atoms with E-state index in [-0.39, 0.29) is 5.60 Å². The summed E-state index contributed by atoms with van der Waals surface area (Å²) in [4.78, 5) is 0. The van der Waals surface area contributed by atoms with Gasteiger partial charge in [0.15, 0.2) is 0 Å². The molecular formula is C14H26O. The maximum atomic E-state index is 6.19. The van der Waals surface area contributed by atoms with E-state index >= 15 is 0 Å². The lowest BCUT2D eigenvalue weighted by Crippen LogP contribution is -2.31. The predicted molar refractivity (Wildman–Crippen MR) is 66.1 cm³/mol. The molecule has 0 spiro atoms. The molecule has 1 nitrogen and oxygen atoms in total. The standard InChI is InChI=1S/C14H26O/c1-4-14(3,5-2)15-13-11-9-7-6-8-10-12-13/h4,13H,1,5-12H2,2-3H3. The molecule has 0 N–H and O–H groups in total. The van der Waals surface area contributed by atoms with Crippen molar-refractivity contribution < 1.29 is 4.74 Å². The first-order chi connectivity index (χ1) is 7.20. The van der Waals surface area contributed by atoms with Crippen LogP contribution in [0.25, 0.3) is 0 Å². The Balaban J connectivity index is 2.43. The van der Waals surface area contributed by atoms with Crippen LogP contribution in [0.3, 0.4) is 0 Å². The molecule has 0 saturated heterocycles. The summed E-state index contributed by atoms with van der Waals surface area (Å²) in [6.45, 7) is 8.21. The normalized spacial score (nSPS) is 23.9. The lowest BCUT2D eigenvalue weighted by molar-refractivity contribution is -0.0638. The van der Waals surface area contributed by atoms with Crippen molar-refractivity contribution in [2.24, 2.45) is 0 Å². The fraction of sp³-hybridized carbons (Fsp3) is 0.857. The van der Waals surface area contributed by atoms with E-state index in [2.05, 4.69) is 20.4 Å². The molecule has 1 unspecified atom stereocenters. The summed E-state index contributed by atoms with van der Waals surface area (Å²) in [6.07, 6.45) is 12.8. The van der Waals surface area contributed by atoms with Gasteiger partial charge in [-0.3, -0.25) is 0 Å². The van der Waals surface area contributed by atoms with Crippen LogP contribution in [-0.2, 0) is 4.74 Å². The zero-order valence-corrected chi connectivity index (χ0v) is 10.4. The van der Waals surface area contributed by atoms with Gasteiger partial charge in [0.1, 0.15) is 0 Å². The van der Waals surface area contributed by atoms with Crippen molar-refractivity contribution in [1.29, 1.82) is 0 Å². The number of hydrogen-bond acceptors (Lipinski definition) is 1. The van der Waals surface area contributed by atoms with Crippen molar-refractivity contribution in [3.8, 4) is 0 Å². The second-order valence-corrected chi connectivity index (χ2v) is 4.96. The highest BCUT2D eigenvalue weighted by molar-refractivity contribution is 4.93. The number of hydrogen-bond donors (Lipinski definition) is 0. The Bertz CT molecular complexity index is 180. The van der Waals surface area contributed by atoms with Crippen LogP contribution in [0.1, 0.15) is 65.2 Å². The monoisotopic (exact) mass is 210 g/mol. The van der Waals surface area contributed by atoms with Crippen molar-refractivity contribution in [2.45, 2.75) is 76.9 Å². The molecule has 0 heterocycles. The van der Waals surface area contributed by atoms with E-state index in [0.29, 0.717) is 6.10 Å². The fourth-order valence-corrected chi connectivity index (χ4v) is 2.19. The molecule has 1 atom stereocenters. The lowest BCUT2D eigenvalue weighted by atomic mass is 9.97. The van der Waals surface area contributed by atoms with Gasteiger partial charge in [0.05, 0.1) is 11.7 Å².